The first-order valence-corrected chi connectivity index (χ1v) is 5.41. The average Bonchev–Trinajstić information content (AvgIpc) is 2.70. The van der Waals surface area contributed by atoms with Crippen molar-refractivity contribution < 1.29 is 4.92 Å². The molecule has 2 aromatic rings. The molecule has 0 amide bonds. The first-order chi connectivity index (χ1) is 8.60. The Labute approximate surface area is 104 Å². The highest BCUT2D eigenvalue weighted by Crippen LogP contribution is 2.15. The number of hydrogen-bond acceptors (Lipinski definition) is 5. The molecule has 94 valence electrons. The molecule has 0 aromatic carbocycles. The molecule has 0 saturated carbocycles. The minimum Gasteiger partial charge on any atom is -0.388 e. The molecule has 2 aromatic heterocycles. The van der Waals surface area contributed by atoms with Gasteiger partial charge in [0.25, 0.3) is 0 Å². The molecule has 2 heterocycles. The van der Waals surface area contributed by atoms with E-state index in [9.17, 15) is 10.1 Å². The number of aryl methyl sites for hydroxylation is 1. The molecule has 0 atom stereocenters. The Bertz CT molecular complexity index is 579. The van der Waals surface area contributed by atoms with Crippen LogP contribution in [0.5, 0.6) is 0 Å². The molecule has 0 spiro atoms. The van der Waals surface area contributed by atoms with Gasteiger partial charge in [-0.05, 0) is 24.0 Å². The predicted molar refractivity (Wildman–Crippen MR) is 66.5 cm³/mol. The van der Waals surface area contributed by atoms with Gasteiger partial charge in [-0.3, -0.25) is 4.98 Å². The standard InChI is InChI=1S/C11H13N5O2/c1-8-6-15(14-11(8)16(17)18)7-10-5-9(12-2)3-4-13-10/h3-6H,7H2,1-2H3,(H,12,13). The second-order valence-corrected chi connectivity index (χ2v) is 3.88. The van der Waals surface area contributed by atoms with Crippen LogP contribution in [0.25, 0.3) is 0 Å². The summed E-state index contributed by atoms with van der Waals surface area (Å²) in [6.07, 6.45) is 3.33. The molecule has 18 heavy (non-hydrogen) atoms. The lowest BCUT2D eigenvalue weighted by Crippen LogP contribution is -2.03. The number of nitrogens with zero attached hydrogens (tertiary/aromatic N) is 4. The van der Waals surface area contributed by atoms with Gasteiger partial charge in [-0.25, -0.2) is 0 Å². The molecule has 0 aliphatic carbocycles. The first kappa shape index (κ1) is 12.0. The number of aromatic nitrogens is 3. The van der Waals surface area contributed by atoms with Crippen LogP contribution < -0.4 is 5.32 Å². The van der Waals surface area contributed by atoms with Crippen molar-refractivity contribution in [2.24, 2.45) is 0 Å². The first-order valence-electron chi connectivity index (χ1n) is 5.41. The molecule has 0 aliphatic heterocycles. The van der Waals surface area contributed by atoms with E-state index in [0.717, 1.165) is 11.4 Å². The molecule has 7 heteroatoms. The average molecular weight is 247 g/mol. The second-order valence-electron chi connectivity index (χ2n) is 3.88. The third-order valence-electron chi connectivity index (χ3n) is 2.52. The largest absolute Gasteiger partial charge is 0.392 e. The van der Waals surface area contributed by atoms with Crippen LogP contribution in [0.15, 0.2) is 24.5 Å². The highest BCUT2D eigenvalue weighted by atomic mass is 16.6. The molecule has 0 unspecified atom stereocenters. The van der Waals surface area contributed by atoms with E-state index in [1.165, 1.54) is 4.68 Å². The summed E-state index contributed by atoms with van der Waals surface area (Å²) < 4.78 is 1.52. The maximum Gasteiger partial charge on any atom is 0.392 e. The summed E-state index contributed by atoms with van der Waals surface area (Å²) in [5.74, 6) is -0.111. The lowest BCUT2D eigenvalue weighted by Gasteiger charge is -2.02. The molecule has 0 radical (unpaired) electrons. The molecule has 0 aliphatic rings. The summed E-state index contributed by atoms with van der Waals surface area (Å²) in [6, 6.07) is 3.73. The van der Waals surface area contributed by atoms with Crippen LogP contribution in [-0.2, 0) is 6.54 Å². The lowest BCUT2D eigenvalue weighted by atomic mass is 10.3. The summed E-state index contributed by atoms with van der Waals surface area (Å²) in [5.41, 5.74) is 2.28. The van der Waals surface area contributed by atoms with Gasteiger partial charge in [-0.15, -0.1) is 0 Å². The van der Waals surface area contributed by atoms with Gasteiger partial charge in [0, 0.05) is 18.9 Å². The van der Waals surface area contributed by atoms with E-state index in [1.54, 1.807) is 19.3 Å². The number of nitrogens with one attached hydrogen (secondary N) is 1. The summed E-state index contributed by atoms with van der Waals surface area (Å²) >= 11 is 0. The zero-order valence-electron chi connectivity index (χ0n) is 10.1. The van der Waals surface area contributed by atoms with E-state index in [0.29, 0.717) is 12.1 Å². The van der Waals surface area contributed by atoms with Crippen LogP contribution in [0.3, 0.4) is 0 Å². The zero-order valence-corrected chi connectivity index (χ0v) is 10.1. The van der Waals surface area contributed by atoms with E-state index < -0.39 is 4.92 Å². The monoisotopic (exact) mass is 247 g/mol. The Morgan fingerprint density at radius 1 is 1.56 bits per heavy atom. The van der Waals surface area contributed by atoms with E-state index >= 15 is 0 Å². The zero-order chi connectivity index (χ0) is 13.1. The molecule has 2 rings (SSSR count). The van der Waals surface area contributed by atoms with Gasteiger partial charge < -0.3 is 15.4 Å². The highest BCUT2D eigenvalue weighted by Gasteiger charge is 2.17. The van der Waals surface area contributed by atoms with Crippen LogP contribution in [-0.4, -0.2) is 26.7 Å². The van der Waals surface area contributed by atoms with Crippen molar-refractivity contribution in [1.82, 2.24) is 14.8 Å². The van der Waals surface area contributed by atoms with Gasteiger partial charge >= 0.3 is 5.82 Å². The Kier molecular flexibility index (Phi) is 3.22. The molecule has 7 nitrogen and oxygen atoms in total. The van der Waals surface area contributed by atoms with Gasteiger partial charge in [-0.2, -0.15) is 4.68 Å². The number of anilines is 1. The van der Waals surface area contributed by atoms with Gasteiger partial charge in [0.05, 0.1) is 22.6 Å². The maximum absolute atomic E-state index is 10.7. The van der Waals surface area contributed by atoms with Crippen molar-refractivity contribution in [3.63, 3.8) is 0 Å². The summed E-state index contributed by atoms with van der Waals surface area (Å²) in [7, 11) is 1.82. The molecular weight excluding hydrogens is 234 g/mol. The summed E-state index contributed by atoms with van der Waals surface area (Å²) in [5, 5.41) is 17.6. The molecular formula is C11H13N5O2. The fourth-order valence-electron chi connectivity index (χ4n) is 1.66. The lowest BCUT2D eigenvalue weighted by molar-refractivity contribution is -0.390. The van der Waals surface area contributed by atoms with Crippen LogP contribution >= 0.6 is 0 Å². The Morgan fingerprint density at radius 3 is 2.94 bits per heavy atom. The number of rotatable bonds is 4. The van der Waals surface area contributed by atoms with Crippen molar-refractivity contribution >= 4 is 11.5 Å². The smallest absolute Gasteiger partial charge is 0.388 e. The molecule has 0 fully saturated rings. The number of nitro groups is 1. The summed E-state index contributed by atoms with van der Waals surface area (Å²) in [6.45, 7) is 2.07. The van der Waals surface area contributed by atoms with Crippen molar-refractivity contribution in [2.75, 3.05) is 12.4 Å². The fourth-order valence-corrected chi connectivity index (χ4v) is 1.66. The van der Waals surface area contributed by atoms with Crippen LogP contribution in [0.2, 0.25) is 0 Å². The van der Waals surface area contributed by atoms with Gasteiger partial charge in [0.1, 0.15) is 6.54 Å². The third-order valence-corrected chi connectivity index (χ3v) is 2.52. The van der Waals surface area contributed by atoms with E-state index in [2.05, 4.69) is 15.4 Å². The fraction of sp³-hybridized carbons (Fsp3) is 0.273. The van der Waals surface area contributed by atoms with Crippen LogP contribution in [0.1, 0.15) is 11.3 Å². The SMILES string of the molecule is CNc1ccnc(Cn2cc(C)c([N+](=O)[O-])n2)c1. The van der Waals surface area contributed by atoms with Crippen LogP contribution in [0, 0.1) is 17.0 Å². The highest BCUT2D eigenvalue weighted by molar-refractivity contribution is 5.42. The quantitative estimate of drug-likeness (QED) is 0.654. The molecule has 0 bridgehead atoms. The number of pyridine rings is 1. The van der Waals surface area contributed by atoms with Crippen LogP contribution in [0.4, 0.5) is 11.5 Å². The van der Waals surface area contributed by atoms with Gasteiger partial charge in [0.15, 0.2) is 0 Å². The normalized spacial score (nSPS) is 10.3. The van der Waals surface area contributed by atoms with E-state index in [1.807, 2.05) is 19.2 Å². The summed E-state index contributed by atoms with van der Waals surface area (Å²) in [4.78, 5) is 14.4. The van der Waals surface area contributed by atoms with Gasteiger partial charge in [0.2, 0.25) is 0 Å². The minimum atomic E-state index is -0.483. The van der Waals surface area contributed by atoms with Gasteiger partial charge in [-0.1, -0.05) is 0 Å². The van der Waals surface area contributed by atoms with Crippen molar-refractivity contribution in [1.29, 1.82) is 0 Å². The van der Waals surface area contributed by atoms with Crippen molar-refractivity contribution in [2.45, 2.75) is 13.5 Å². The number of hydrogen-bond donors (Lipinski definition) is 1. The minimum absolute atomic E-state index is 0.111. The topological polar surface area (TPSA) is 85.9 Å². The molecule has 0 saturated heterocycles. The van der Waals surface area contributed by atoms with E-state index in [4.69, 9.17) is 0 Å². The maximum atomic E-state index is 10.7. The Morgan fingerprint density at radius 2 is 2.33 bits per heavy atom. The Balaban J connectivity index is 2.23. The predicted octanol–water partition coefficient (Wildman–Crippen LogP) is 1.58. The second kappa shape index (κ2) is 4.82. The van der Waals surface area contributed by atoms with Crippen molar-refractivity contribution in [3.8, 4) is 0 Å². The third kappa shape index (κ3) is 2.45. The van der Waals surface area contributed by atoms with Crippen molar-refractivity contribution in [3.05, 3.63) is 45.9 Å². The molecule has 1 N–H and O–H groups in total. The Hall–Kier alpha value is -2.44. The van der Waals surface area contributed by atoms with E-state index in [-0.39, 0.29) is 5.82 Å².